The Bertz CT molecular complexity index is 534. The maximum Gasteiger partial charge on any atom is 0.345 e. The van der Waals surface area contributed by atoms with Gasteiger partial charge < -0.3 is 10.8 Å². The fraction of sp³-hybridized carbons (Fsp3) is 0.0769. The van der Waals surface area contributed by atoms with Gasteiger partial charge >= 0.3 is 5.97 Å². The molecule has 0 radical (unpaired) electrons. The van der Waals surface area contributed by atoms with Crippen LogP contribution < -0.4 is 5.73 Å². The van der Waals surface area contributed by atoms with Gasteiger partial charge in [0.05, 0.1) is 0 Å². The molecule has 1 aromatic heterocycles. The van der Waals surface area contributed by atoms with Crippen molar-refractivity contribution in [1.29, 1.82) is 0 Å². The number of primary amides is 1. The van der Waals surface area contributed by atoms with Crippen LogP contribution >= 0.6 is 11.3 Å². The molecule has 4 nitrogen and oxygen atoms in total. The normalized spacial score (nSPS) is 9.17. The van der Waals surface area contributed by atoms with Crippen molar-refractivity contribution in [3.05, 3.63) is 57.8 Å². The van der Waals surface area contributed by atoms with Gasteiger partial charge in [0, 0.05) is 10.4 Å². The largest absolute Gasteiger partial charge is 0.477 e. The van der Waals surface area contributed by atoms with E-state index in [9.17, 15) is 9.59 Å². The second-order valence-electron chi connectivity index (χ2n) is 3.45. The molecule has 94 valence electrons. The molecule has 0 fully saturated rings. The number of carbonyl (C=O) groups is 2. The number of amides is 1. The van der Waals surface area contributed by atoms with Crippen LogP contribution in [0.5, 0.6) is 0 Å². The minimum Gasteiger partial charge on any atom is -0.477 e. The number of thiophene rings is 1. The van der Waals surface area contributed by atoms with Crippen molar-refractivity contribution in [3.8, 4) is 0 Å². The van der Waals surface area contributed by atoms with Crippen molar-refractivity contribution >= 4 is 23.2 Å². The van der Waals surface area contributed by atoms with Crippen LogP contribution in [0.3, 0.4) is 0 Å². The van der Waals surface area contributed by atoms with E-state index in [1.807, 2.05) is 13.0 Å². The van der Waals surface area contributed by atoms with Crippen molar-refractivity contribution in [1.82, 2.24) is 0 Å². The first-order chi connectivity index (χ1) is 8.50. The molecule has 5 heteroatoms. The molecule has 0 saturated carbocycles. The Morgan fingerprint density at radius 2 is 1.72 bits per heavy atom. The molecule has 0 bridgehead atoms. The Morgan fingerprint density at radius 3 is 2.00 bits per heavy atom. The lowest BCUT2D eigenvalue weighted by atomic mass is 10.2. The van der Waals surface area contributed by atoms with Crippen LogP contribution in [0.25, 0.3) is 0 Å². The van der Waals surface area contributed by atoms with Crippen LogP contribution in [0.15, 0.2) is 42.5 Å². The van der Waals surface area contributed by atoms with Crippen LogP contribution in [0, 0.1) is 6.92 Å². The molecule has 3 N–H and O–H groups in total. The first-order valence-electron chi connectivity index (χ1n) is 5.15. The smallest absolute Gasteiger partial charge is 0.345 e. The van der Waals surface area contributed by atoms with Crippen LogP contribution in [-0.2, 0) is 0 Å². The summed E-state index contributed by atoms with van der Waals surface area (Å²) in [7, 11) is 0. The lowest BCUT2D eigenvalue weighted by molar-refractivity contribution is 0.0702. The molecule has 2 aromatic rings. The number of carbonyl (C=O) groups excluding carboxylic acids is 1. The third kappa shape index (κ3) is 4.39. The van der Waals surface area contributed by atoms with Gasteiger partial charge in [0.25, 0.3) is 0 Å². The maximum atomic E-state index is 10.4. The Kier molecular flexibility index (Phi) is 5.07. The summed E-state index contributed by atoms with van der Waals surface area (Å²) >= 11 is 1.30. The number of hydrogen-bond acceptors (Lipinski definition) is 3. The highest BCUT2D eigenvalue weighted by Crippen LogP contribution is 2.13. The molecule has 0 aliphatic rings. The number of nitrogens with two attached hydrogens (primary N) is 1. The SMILES string of the molecule is Cc1ccc(C(=O)O)s1.NC(=O)c1ccccc1. The Morgan fingerprint density at radius 1 is 1.11 bits per heavy atom. The van der Waals surface area contributed by atoms with Gasteiger partial charge in [-0.05, 0) is 31.2 Å². The zero-order chi connectivity index (χ0) is 13.5. The Balaban J connectivity index is 0.000000180. The molecule has 0 spiro atoms. The predicted molar refractivity (Wildman–Crippen MR) is 71.0 cm³/mol. The van der Waals surface area contributed by atoms with Crippen molar-refractivity contribution in [2.75, 3.05) is 0 Å². The highest BCUT2D eigenvalue weighted by molar-refractivity contribution is 7.13. The third-order valence-corrected chi connectivity index (χ3v) is 3.00. The van der Waals surface area contributed by atoms with Crippen LogP contribution in [0.4, 0.5) is 0 Å². The lowest BCUT2D eigenvalue weighted by Crippen LogP contribution is -2.09. The summed E-state index contributed by atoms with van der Waals surface area (Å²) in [6.07, 6.45) is 0. The van der Waals surface area contributed by atoms with Crippen molar-refractivity contribution < 1.29 is 14.7 Å². The maximum absolute atomic E-state index is 10.4. The first-order valence-corrected chi connectivity index (χ1v) is 5.97. The first kappa shape index (κ1) is 13.9. The zero-order valence-electron chi connectivity index (χ0n) is 9.79. The second kappa shape index (κ2) is 6.56. The summed E-state index contributed by atoms with van der Waals surface area (Å²) in [4.78, 5) is 22.1. The molecule has 0 saturated heterocycles. The van der Waals surface area contributed by atoms with E-state index in [1.54, 1.807) is 36.4 Å². The van der Waals surface area contributed by atoms with E-state index in [2.05, 4.69) is 0 Å². The molecule has 1 heterocycles. The van der Waals surface area contributed by atoms with E-state index in [0.717, 1.165) is 4.88 Å². The van der Waals surface area contributed by atoms with Crippen molar-refractivity contribution in [2.24, 2.45) is 5.73 Å². The summed E-state index contributed by atoms with van der Waals surface area (Å²) in [5, 5.41) is 8.41. The number of aryl methyl sites for hydroxylation is 1. The molecule has 0 aliphatic carbocycles. The van der Waals surface area contributed by atoms with Gasteiger partial charge in [0.1, 0.15) is 4.88 Å². The predicted octanol–water partition coefficient (Wildman–Crippen LogP) is 2.54. The number of rotatable bonds is 2. The van der Waals surface area contributed by atoms with Crippen molar-refractivity contribution in [3.63, 3.8) is 0 Å². The monoisotopic (exact) mass is 263 g/mol. The van der Waals surface area contributed by atoms with E-state index in [-0.39, 0.29) is 5.91 Å². The van der Waals surface area contributed by atoms with Gasteiger partial charge in [0.2, 0.25) is 5.91 Å². The zero-order valence-corrected chi connectivity index (χ0v) is 10.6. The van der Waals surface area contributed by atoms with Gasteiger partial charge in [-0.2, -0.15) is 0 Å². The van der Waals surface area contributed by atoms with Crippen LogP contribution in [0.1, 0.15) is 24.9 Å². The minimum absolute atomic E-state index is 0.379. The summed E-state index contributed by atoms with van der Waals surface area (Å²) in [5.74, 6) is -1.22. The second-order valence-corrected chi connectivity index (χ2v) is 4.73. The van der Waals surface area contributed by atoms with Gasteiger partial charge in [-0.15, -0.1) is 11.3 Å². The summed E-state index contributed by atoms with van der Waals surface area (Å²) < 4.78 is 0. The molecular formula is C13H13NO3S. The molecular weight excluding hydrogens is 250 g/mol. The Labute approximate surface area is 109 Å². The van der Waals surface area contributed by atoms with E-state index in [0.29, 0.717) is 10.4 Å². The van der Waals surface area contributed by atoms with Gasteiger partial charge in [0.15, 0.2) is 0 Å². The highest BCUT2D eigenvalue weighted by Gasteiger charge is 2.02. The van der Waals surface area contributed by atoms with Crippen LogP contribution in [-0.4, -0.2) is 17.0 Å². The average Bonchev–Trinajstić information content (AvgIpc) is 2.78. The summed E-state index contributed by atoms with van der Waals surface area (Å²) in [6.45, 7) is 1.89. The van der Waals surface area contributed by atoms with E-state index < -0.39 is 5.97 Å². The van der Waals surface area contributed by atoms with Gasteiger partial charge in [-0.1, -0.05) is 18.2 Å². The molecule has 18 heavy (non-hydrogen) atoms. The number of carboxylic acids is 1. The van der Waals surface area contributed by atoms with Crippen LogP contribution in [0.2, 0.25) is 0 Å². The van der Waals surface area contributed by atoms with E-state index >= 15 is 0 Å². The number of carboxylic acid groups (broad SMARTS) is 1. The number of aromatic carboxylic acids is 1. The van der Waals surface area contributed by atoms with E-state index in [4.69, 9.17) is 10.8 Å². The quantitative estimate of drug-likeness (QED) is 0.873. The highest BCUT2D eigenvalue weighted by atomic mass is 32.1. The lowest BCUT2D eigenvalue weighted by Gasteiger charge is -1.89. The molecule has 1 aromatic carbocycles. The molecule has 2 rings (SSSR count). The summed E-state index contributed by atoms with van der Waals surface area (Å²) in [5.41, 5.74) is 5.53. The van der Waals surface area contributed by atoms with Gasteiger partial charge in [-0.3, -0.25) is 4.79 Å². The minimum atomic E-state index is -0.840. The summed E-state index contributed by atoms with van der Waals surface area (Å²) in [6, 6.07) is 12.2. The Hall–Kier alpha value is -2.14. The molecule has 0 unspecified atom stereocenters. The molecule has 1 amide bonds. The van der Waals surface area contributed by atoms with Crippen molar-refractivity contribution in [2.45, 2.75) is 6.92 Å². The van der Waals surface area contributed by atoms with E-state index in [1.165, 1.54) is 11.3 Å². The fourth-order valence-corrected chi connectivity index (χ4v) is 1.86. The molecule has 0 aliphatic heterocycles. The van der Waals surface area contributed by atoms with Gasteiger partial charge in [-0.25, -0.2) is 4.79 Å². The average molecular weight is 263 g/mol. The third-order valence-electron chi connectivity index (χ3n) is 2.01. The topological polar surface area (TPSA) is 80.4 Å². The fourth-order valence-electron chi connectivity index (χ4n) is 1.15. The standard InChI is InChI=1S/C7H7NO.C6H6O2S/c8-7(9)6-4-2-1-3-5-6;1-4-2-3-5(9-4)6(7)8/h1-5H,(H2,8,9);2-3H,1H3,(H,7,8). The molecule has 0 atom stereocenters. The number of hydrogen-bond donors (Lipinski definition) is 2. The number of benzene rings is 1.